The molecule has 2 aromatic heterocycles. The third-order valence-electron chi connectivity index (χ3n) is 3.57. The molecule has 2 heterocycles. The van der Waals surface area contributed by atoms with E-state index in [2.05, 4.69) is 10.2 Å². The molecule has 21 heavy (non-hydrogen) atoms. The van der Waals surface area contributed by atoms with Crippen LogP contribution in [0.5, 0.6) is 0 Å². The smallest absolute Gasteiger partial charge is 0.336 e. The van der Waals surface area contributed by atoms with E-state index in [1.54, 1.807) is 4.57 Å². The fourth-order valence-corrected chi connectivity index (χ4v) is 2.30. The van der Waals surface area contributed by atoms with Gasteiger partial charge in [-0.15, -0.1) is 10.2 Å². The fraction of sp³-hybridized carbons (Fsp3) is 0.200. The third-order valence-corrected chi connectivity index (χ3v) is 3.57. The van der Waals surface area contributed by atoms with E-state index in [0.717, 1.165) is 22.1 Å². The Bertz CT molecular complexity index is 931. The second-order valence-corrected chi connectivity index (χ2v) is 4.87. The topological polar surface area (TPSA) is 84.7 Å². The number of nitrogens with zero attached hydrogens (tertiary/aromatic N) is 4. The molecule has 0 aliphatic carbocycles. The molecule has 0 radical (unpaired) electrons. The van der Waals surface area contributed by atoms with E-state index in [1.807, 2.05) is 32.0 Å². The third kappa shape index (κ3) is 2.19. The van der Waals surface area contributed by atoms with Crippen LogP contribution in [0.15, 0.2) is 33.7 Å². The first kappa shape index (κ1) is 13.1. The maximum Gasteiger partial charge on any atom is 0.336 e. The number of aryl methyl sites for hydroxylation is 2. The van der Waals surface area contributed by atoms with Crippen molar-refractivity contribution in [1.29, 1.82) is 5.26 Å². The highest BCUT2D eigenvalue weighted by molar-refractivity contribution is 5.83. The predicted octanol–water partition coefficient (Wildman–Crippen LogP) is 1.92. The highest BCUT2D eigenvalue weighted by atomic mass is 16.4. The maximum absolute atomic E-state index is 11.8. The molecule has 1 aromatic carbocycles. The molecule has 0 atom stereocenters. The van der Waals surface area contributed by atoms with Gasteiger partial charge < -0.3 is 8.98 Å². The molecule has 3 rings (SSSR count). The second kappa shape index (κ2) is 4.87. The van der Waals surface area contributed by atoms with E-state index < -0.39 is 5.63 Å². The summed E-state index contributed by atoms with van der Waals surface area (Å²) in [7, 11) is 0. The van der Waals surface area contributed by atoms with Gasteiger partial charge in [-0.3, -0.25) is 0 Å². The fourth-order valence-electron chi connectivity index (χ4n) is 2.30. The van der Waals surface area contributed by atoms with Gasteiger partial charge in [-0.1, -0.05) is 12.1 Å². The minimum Gasteiger partial charge on any atom is -0.422 e. The van der Waals surface area contributed by atoms with Crippen molar-refractivity contribution < 1.29 is 4.42 Å². The first-order valence-electron chi connectivity index (χ1n) is 6.41. The summed E-state index contributed by atoms with van der Waals surface area (Å²) in [6.45, 7) is 4.24. The van der Waals surface area contributed by atoms with Crippen molar-refractivity contribution in [2.45, 2.75) is 20.4 Å². The Labute approximate surface area is 120 Å². The average Bonchev–Trinajstić information content (AvgIpc) is 2.90. The highest BCUT2D eigenvalue weighted by Crippen LogP contribution is 2.23. The van der Waals surface area contributed by atoms with Crippen molar-refractivity contribution in [2.75, 3.05) is 0 Å². The van der Waals surface area contributed by atoms with E-state index in [9.17, 15) is 4.79 Å². The van der Waals surface area contributed by atoms with Crippen molar-refractivity contribution in [1.82, 2.24) is 14.8 Å². The molecule has 0 fully saturated rings. The van der Waals surface area contributed by atoms with Crippen molar-refractivity contribution in [3.05, 3.63) is 57.5 Å². The molecule has 0 saturated heterocycles. The van der Waals surface area contributed by atoms with E-state index >= 15 is 0 Å². The van der Waals surface area contributed by atoms with Gasteiger partial charge in [0.2, 0.25) is 5.82 Å². The Kier molecular flexibility index (Phi) is 3.03. The zero-order valence-corrected chi connectivity index (χ0v) is 11.6. The monoisotopic (exact) mass is 280 g/mol. The molecule has 0 spiro atoms. The molecule has 6 nitrogen and oxygen atoms in total. The summed E-state index contributed by atoms with van der Waals surface area (Å²) in [4.78, 5) is 11.8. The molecule has 0 unspecified atom stereocenters. The molecule has 0 aliphatic heterocycles. The van der Waals surface area contributed by atoms with Crippen molar-refractivity contribution in [3.8, 4) is 6.07 Å². The van der Waals surface area contributed by atoms with Crippen molar-refractivity contribution >= 4 is 11.0 Å². The second-order valence-electron chi connectivity index (χ2n) is 4.87. The number of hydrogen-bond donors (Lipinski definition) is 0. The van der Waals surface area contributed by atoms with Crippen LogP contribution in [0.4, 0.5) is 0 Å². The van der Waals surface area contributed by atoms with Gasteiger partial charge in [-0.25, -0.2) is 4.79 Å². The van der Waals surface area contributed by atoms with Gasteiger partial charge in [0.15, 0.2) is 0 Å². The molecular formula is C15H12N4O2. The van der Waals surface area contributed by atoms with Gasteiger partial charge in [-0.05, 0) is 30.5 Å². The lowest BCUT2D eigenvalue weighted by Crippen LogP contribution is -2.07. The molecular weight excluding hydrogens is 268 g/mol. The van der Waals surface area contributed by atoms with Crippen LogP contribution >= 0.6 is 0 Å². The quantitative estimate of drug-likeness (QED) is 0.669. The van der Waals surface area contributed by atoms with Gasteiger partial charge >= 0.3 is 5.63 Å². The van der Waals surface area contributed by atoms with Crippen molar-refractivity contribution in [2.24, 2.45) is 0 Å². The highest BCUT2D eigenvalue weighted by Gasteiger charge is 2.11. The lowest BCUT2D eigenvalue weighted by Gasteiger charge is -2.09. The normalized spacial score (nSPS) is 10.7. The lowest BCUT2D eigenvalue weighted by molar-refractivity contribution is 0.555. The molecule has 0 N–H and O–H groups in total. The first-order valence-corrected chi connectivity index (χ1v) is 6.41. The number of fused-ring (bicyclic) bond motifs is 1. The number of hydrogen-bond acceptors (Lipinski definition) is 5. The lowest BCUT2D eigenvalue weighted by atomic mass is 10.0. The summed E-state index contributed by atoms with van der Waals surface area (Å²) in [5, 5.41) is 17.3. The van der Waals surface area contributed by atoms with Crippen LogP contribution in [0.25, 0.3) is 11.0 Å². The minimum atomic E-state index is -0.405. The Morgan fingerprint density at radius 3 is 2.95 bits per heavy atom. The summed E-state index contributed by atoms with van der Waals surface area (Å²) in [6.07, 6.45) is 1.47. The Morgan fingerprint density at radius 1 is 1.38 bits per heavy atom. The van der Waals surface area contributed by atoms with Gasteiger partial charge in [0.1, 0.15) is 18.0 Å². The number of benzene rings is 1. The van der Waals surface area contributed by atoms with E-state index in [1.165, 1.54) is 12.4 Å². The molecule has 3 aromatic rings. The number of aromatic nitrogens is 3. The first-order chi connectivity index (χ1) is 10.1. The summed E-state index contributed by atoms with van der Waals surface area (Å²) < 4.78 is 6.93. The van der Waals surface area contributed by atoms with Crippen LogP contribution < -0.4 is 5.63 Å². The van der Waals surface area contributed by atoms with Crippen LogP contribution in [0.2, 0.25) is 0 Å². The molecule has 0 amide bonds. The van der Waals surface area contributed by atoms with Gasteiger partial charge in [0.05, 0.1) is 6.54 Å². The molecule has 0 aliphatic rings. The standard InChI is InChI=1S/C15H12N4O2/c1-9-3-4-12-11(5-14(20)21-15(12)10(9)2)7-19-8-17-18-13(19)6-16/h3-5,8H,7H2,1-2H3. The average molecular weight is 280 g/mol. The van der Waals surface area contributed by atoms with Gasteiger partial charge in [-0.2, -0.15) is 5.26 Å². The number of nitriles is 1. The van der Waals surface area contributed by atoms with E-state index in [0.29, 0.717) is 12.1 Å². The van der Waals surface area contributed by atoms with Gasteiger partial charge in [0, 0.05) is 11.5 Å². The molecule has 104 valence electrons. The van der Waals surface area contributed by atoms with Crippen LogP contribution in [-0.4, -0.2) is 14.8 Å². The zero-order valence-electron chi connectivity index (χ0n) is 11.6. The van der Waals surface area contributed by atoms with Crippen LogP contribution in [0, 0.1) is 25.2 Å². The van der Waals surface area contributed by atoms with Crippen LogP contribution in [-0.2, 0) is 6.54 Å². The summed E-state index contributed by atoms with van der Waals surface area (Å²) in [5.74, 6) is 0.209. The van der Waals surface area contributed by atoms with Crippen molar-refractivity contribution in [3.63, 3.8) is 0 Å². The molecule has 0 saturated carbocycles. The number of rotatable bonds is 2. The SMILES string of the molecule is Cc1ccc2c(Cn3cnnc3C#N)cc(=O)oc2c1C. The Hall–Kier alpha value is -2.94. The summed E-state index contributed by atoms with van der Waals surface area (Å²) in [5.41, 5.74) is 2.96. The predicted molar refractivity (Wildman–Crippen MR) is 75.8 cm³/mol. The Morgan fingerprint density at radius 2 is 2.19 bits per heavy atom. The van der Waals surface area contributed by atoms with E-state index in [4.69, 9.17) is 9.68 Å². The minimum absolute atomic E-state index is 0.209. The largest absolute Gasteiger partial charge is 0.422 e. The van der Waals surface area contributed by atoms with Crippen LogP contribution in [0.1, 0.15) is 22.5 Å². The molecule has 6 heteroatoms. The maximum atomic E-state index is 11.8. The van der Waals surface area contributed by atoms with Crippen LogP contribution in [0.3, 0.4) is 0 Å². The molecule has 0 bridgehead atoms. The summed E-state index contributed by atoms with van der Waals surface area (Å²) in [6, 6.07) is 7.32. The zero-order chi connectivity index (χ0) is 15.0. The van der Waals surface area contributed by atoms with E-state index in [-0.39, 0.29) is 5.82 Å². The summed E-state index contributed by atoms with van der Waals surface area (Å²) >= 11 is 0. The van der Waals surface area contributed by atoms with Gasteiger partial charge in [0.25, 0.3) is 0 Å². The Balaban J connectivity index is 2.22.